The van der Waals surface area contributed by atoms with Crippen molar-refractivity contribution in [3.63, 3.8) is 0 Å². The predicted octanol–water partition coefficient (Wildman–Crippen LogP) is 3.65. The van der Waals surface area contributed by atoms with Gasteiger partial charge in [-0.2, -0.15) is 0 Å². The van der Waals surface area contributed by atoms with Gasteiger partial charge in [0.25, 0.3) is 0 Å². The van der Waals surface area contributed by atoms with E-state index in [2.05, 4.69) is 0 Å². The molecule has 0 aliphatic heterocycles. The predicted molar refractivity (Wildman–Crippen MR) is 90.9 cm³/mol. The number of hydrogen-bond acceptors (Lipinski definition) is 5. The van der Waals surface area contributed by atoms with Crippen LogP contribution in [-0.2, 0) is 16.0 Å². The molecule has 0 aliphatic carbocycles. The van der Waals surface area contributed by atoms with Crippen molar-refractivity contribution in [1.82, 2.24) is 0 Å². The van der Waals surface area contributed by atoms with E-state index < -0.39 is 11.9 Å². The lowest BCUT2D eigenvalue weighted by atomic mass is 10.2. The molecular formula is C18H18O5S. The fourth-order valence-corrected chi connectivity index (χ4v) is 2.98. The van der Waals surface area contributed by atoms with E-state index in [1.807, 2.05) is 12.1 Å². The van der Waals surface area contributed by atoms with Gasteiger partial charge in [-0.25, -0.2) is 4.79 Å². The molecule has 1 N–H and O–H groups in total. The van der Waals surface area contributed by atoms with Gasteiger partial charge < -0.3 is 14.6 Å². The third kappa shape index (κ3) is 4.76. The van der Waals surface area contributed by atoms with Crippen LogP contribution in [0.3, 0.4) is 0 Å². The normalized spacial score (nSPS) is 10.2. The quantitative estimate of drug-likeness (QED) is 0.772. The van der Waals surface area contributed by atoms with Crippen LogP contribution in [0.15, 0.2) is 52.3 Å². The van der Waals surface area contributed by atoms with E-state index >= 15 is 0 Å². The number of carbonyl (C=O) groups is 2. The monoisotopic (exact) mass is 346 g/mol. The lowest BCUT2D eigenvalue weighted by Crippen LogP contribution is -2.06. The van der Waals surface area contributed by atoms with Crippen LogP contribution in [0, 0.1) is 0 Å². The van der Waals surface area contributed by atoms with Crippen molar-refractivity contribution in [1.29, 1.82) is 0 Å². The second kappa shape index (κ2) is 8.40. The molecule has 0 heterocycles. The number of benzene rings is 2. The minimum Gasteiger partial charge on any atom is -0.497 e. The van der Waals surface area contributed by atoms with E-state index in [-0.39, 0.29) is 6.42 Å². The highest BCUT2D eigenvalue weighted by Gasteiger charge is 2.15. The molecular weight excluding hydrogens is 328 g/mol. The average Bonchev–Trinajstić information content (AvgIpc) is 2.56. The molecule has 24 heavy (non-hydrogen) atoms. The Bertz CT molecular complexity index is 725. The highest BCUT2D eigenvalue weighted by Crippen LogP contribution is 2.33. The van der Waals surface area contributed by atoms with Gasteiger partial charge in [0.15, 0.2) is 0 Å². The van der Waals surface area contributed by atoms with Gasteiger partial charge in [-0.05, 0) is 42.8 Å². The van der Waals surface area contributed by atoms with E-state index in [1.165, 1.54) is 18.9 Å². The molecule has 126 valence electrons. The van der Waals surface area contributed by atoms with Crippen LogP contribution in [0.1, 0.15) is 22.8 Å². The summed E-state index contributed by atoms with van der Waals surface area (Å²) in [5, 5.41) is 8.80. The van der Waals surface area contributed by atoms with Gasteiger partial charge in [-0.15, -0.1) is 0 Å². The number of methoxy groups -OCH3 is 1. The van der Waals surface area contributed by atoms with Crippen molar-refractivity contribution in [2.75, 3.05) is 13.7 Å². The number of ether oxygens (including phenoxy) is 2. The summed E-state index contributed by atoms with van der Waals surface area (Å²) in [4.78, 5) is 24.5. The third-order valence-corrected chi connectivity index (χ3v) is 4.27. The molecule has 5 nitrogen and oxygen atoms in total. The highest BCUT2D eigenvalue weighted by molar-refractivity contribution is 7.99. The van der Waals surface area contributed by atoms with Crippen LogP contribution in [0.4, 0.5) is 0 Å². The van der Waals surface area contributed by atoms with Crippen molar-refractivity contribution < 1.29 is 24.2 Å². The molecule has 0 spiro atoms. The van der Waals surface area contributed by atoms with Crippen LogP contribution in [-0.4, -0.2) is 30.8 Å². The number of hydrogen-bond donors (Lipinski definition) is 1. The molecule has 0 amide bonds. The smallest absolute Gasteiger partial charge is 0.339 e. The van der Waals surface area contributed by atoms with E-state index in [1.54, 1.807) is 37.3 Å². The molecule has 0 radical (unpaired) electrons. The van der Waals surface area contributed by atoms with Crippen LogP contribution in [0.2, 0.25) is 0 Å². The van der Waals surface area contributed by atoms with E-state index in [0.717, 1.165) is 15.4 Å². The number of esters is 1. The zero-order chi connectivity index (χ0) is 17.5. The van der Waals surface area contributed by atoms with Gasteiger partial charge in [0.1, 0.15) is 5.75 Å². The number of carboxylic acids is 1. The summed E-state index contributed by atoms with van der Waals surface area (Å²) in [5.74, 6) is -0.684. The largest absolute Gasteiger partial charge is 0.497 e. The second-order valence-electron chi connectivity index (χ2n) is 4.90. The molecule has 2 aromatic carbocycles. The Kier molecular flexibility index (Phi) is 6.26. The van der Waals surface area contributed by atoms with Crippen molar-refractivity contribution in [3.05, 3.63) is 53.6 Å². The fourth-order valence-electron chi connectivity index (χ4n) is 2.07. The third-order valence-electron chi connectivity index (χ3n) is 3.19. The van der Waals surface area contributed by atoms with Crippen molar-refractivity contribution in [3.8, 4) is 5.75 Å². The first-order valence-corrected chi connectivity index (χ1v) is 8.19. The Morgan fingerprint density at radius 1 is 1.12 bits per heavy atom. The van der Waals surface area contributed by atoms with Gasteiger partial charge in [0.05, 0.1) is 25.7 Å². The Morgan fingerprint density at radius 2 is 1.83 bits per heavy atom. The van der Waals surface area contributed by atoms with E-state index in [0.29, 0.717) is 17.9 Å². The topological polar surface area (TPSA) is 72.8 Å². The summed E-state index contributed by atoms with van der Waals surface area (Å²) in [6.07, 6.45) is -0.0123. The number of aliphatic carboxylic acids is 1. The van der Waals surface area contributed by atoms with Crippen LogP contribution < -0.4 is 4.74 Å². The standard InChI is InChI=1S/C18H18O5S/c1-3-23-18(21)15-11-13(22-2)6-9-16(15)24-14-7-4-12(5-8-14)10-17(19)20/h4-9,11H,3,10H2,1-2H3,(H,19,20). The minimum atomic E-state index is -0.866. The van der Waals surface area contributed by atoms with Crippen LogP contribution in [0.25, 0.3) is 0 Å². The summed E-state index contributed by atoms with van der Waals surface area (Å²) in [7, 11) is 1.54. The molecule has 0 saturated carbocycles. The minimum absolute atomic E-state index is 0.0123. The van der Waals surface area contributed by atoms with Gasteiger partial charge >= 0.3 is 11.9 Å². The van der Waals surface area contributed by atoms with Gasteiger partial charge in [0.2, 0.25) is 0 Å². The molecule has 0 aliphatic rings. The maximum Gasteiger partial charge on any atom is 0.339 e. The summed E-state index contributed by atoms with van der Waals surface area (Å²) >= 11 is 1.41. The molecule has 0 aromatic heterocycles. The maximum absolute atomic E-state index is 12.1. The summed E-state index contributed by atoms with van der Waals surface area (Å²) in [6.45, 7) is 2.05. The fraction of sp³-hybridized carbons (Fsp3) is 0.222. The molecule has 0 saturated heterocycles. The first-order chi connectivity index (χ1) is 11.5. The van der Waals surface area contributed by atoms with Crippen molar-refractivity contribution >= 4 is 23.7 Å². The molecule has 0 unspecified atom stereocenters. The summed E-state index contributed by atoms with van der Waals surface area (Å²) < 4.78 is 10.3. The zero-order valence-corrected chi connectivity index (χ0v) is 14.3. The highest BCUT2D eigenvalue weighted by atomic mass is 32.2. The first-order valence-electron chi connectivity index (χ1n) is 7.37. The number of rotatable bonds is 7. The Hall–Kier alpha value is -2.47. The number of carbonyl (C=O) groups excluding carboxylic acids is 1. The lowest BCUT2D eigenvalue weighted by molar-refractivity contribution is -0.136. The van der Waals surface area contributed by atoms with Gasteiger partial charge in [-0.1, -0.05) is 23.9 Å². The van der Waals surface area contributed by atoms with Crippen molar-refractivity contribution in [2.45, 2.75) is 23.1 Å². The first kappa shape index (κ1) is 17.9. The number of carboxylic acid groups (broad SMARTS) is 1. The average molecular weight is 346 g/mol. The second-order valence-corrected chi connectivity index (χ2v) is 6.01. The molecule has 0 bridgehead atoms. The lowest BCUT2D eigenvalue weighted by Gasteiger charge is -2.10. The molecule has 2 aromatic rings. The molecule has 6 heteroatoms. The van der Waals surface area contributed by atoms with Crippen LogP contribution in [0.5, 0.6) is 5.75 Å². The SMILES string of the molecule is CCOC(=O)c1cc(OC)ccc1Sc1ccc(CC(=O)O)cc1. The van der Waals surface area contributed by atoms with Gasteiger partial charge in [0, 0.05) is 9.79 Å². The van der Waals surface area contributed by atoms with E-state index in [9.17, 15) is 9.59 Å². The molecule has 0 atom stereocenters. The molecule has 0 fully saturated rings. The zero-order valence-electron chi connectivity index (χ0n) is 13.4. The maximum atomic E-state index is 12.1. The Morgan fingerprint density at radius 3 is 2.42 bits per heavy atom. The summed E-state index contributed by atoms with van der Waals surface area (Å²) in [5.41, 5.74) is 1.17. The van der Waals surface area contributed by atoms with E-state index in [4.69, 9.17) is 14.6 Å². The summed E-state index contributed by atoms with van der Waals surface area (Å²) in [6, 6.07) is 12.4. The molecule has 2 rings (SSSR count). The Labute approximate surface area is 144 Å². The van der Waals surface area contributed by atoms with Crippen LogP contribution >= 0.6 is 11.8 Å². The Balaban J connectivity index is 2.24. The van der Waals surface area contributed by atoms with Crippen molar-refractivity contribution in [2.24, 2.45) is 0 Å². The van der Waals surface area contributed by atoms with Gasteiger partial charge in [-0.3, -0.25) is 4.79 Å².